The van der Waals surface area contributed by atoms with E-state index >= 15 is 0 Å². The van der Waals surface area contributed by atoms with Crippen molar-refractivity contribution >= 4 is 0 Å². The largest absolute Gasteiger partial charge is 0.490 e. The van der Waals surface area contributed by atoms with Gasteiger partial charge in [0.2, 0.25) is 11.2 Å². The van der Waals surface area contributed by atoms with Crippen molar-refractivity contribution in [2.24, 2.45) is 7.05 Å². The quantitative estimate of drug-likeness (QED) is 0.888. The highest BCUT2D eigenvalue weighted by molar-refractivity contribution is 5.17. The van der Waals surface area contributed by atoms with Gasteiger partial charge in [-0.25, -0.2) is 4.98 Å². The Morgan fingerprint density at radius 1 is 1.55 bits per heavy atom. The van der Waals surface area contributed by atoms with Gasteiger partial charge in [-0.05, 0) is 0 Å². The minimum Gasteiger partial charge on any atom is -0.490 e. The summed E-state index contributed by atoms with van der Waals surface area (Å²) in [6, 6.07) is 1.65. The molecule has 0 amide bonds. The van der Waals surface area contributed by atoms with Crippen LogP contribution in [-0.2, 0) is 13.6 Å². The highest BCUT2D eigenvalue weighted by atomic mass is 16.5. The Balaban J connectivity index is 1.81. The van der Waals surface area contributed by atoms with E-state index in [0.717, 1.165) is 25.5 Å². The summed E-state index contributed by atoms with van der Waals surface area (Å²) < 4.78 is 12.5. The fourth-order valence-corrected chi connectivity index (χ4v) is 2.76. The molecule has 7 nitrogen and oxygen atoms in total. The van der Waals surface area contributed by atoms with Crippen LogP contribution in [0.25, 0.3) is 0 Å². The third-order valence-corrected chi connectivity index (χ3v) is 3.94. The van der Waals surface area contributed by atoms with Crippen LogP contribution in [0.4, 0.5) is 0 Å². The van der Waals surface area contributed by atoms with Gasteiger partial charge in [0.1, 0.15) is 17.8 Å². The van der Waals surface area contributed by atoms with Gasteiger partial charge in [0.05, 0.1) is 19.7 Å². The molecular formula is C15H20N4O3. The lowest BCUT2D eigenvalue weighted by Crippen LogP contribution is -2.46. The molecule has 1 aliphatic heterocycles. The summed E-state index contributed by atoms with van der Waals surface area (Å²) >= 11 is 0. The molecule has 22 heavy (non-hydrogen) atoms. The van der Waals surface area contributed by atoms with Crippen LogP contribution in [0.3, 0.4) is 0 Å². The predicted octanol–water partition coefficient (Wildman–Crippen LogP) is 0.528. The molecule has 1 N–H and O–H groups in total. The molecule has 0 aliphatic carbocycles. The molecule has 2 aromatic heterocycles. The summed E-state index contributed by atoms with van der Waals surface area (Å²) in [4.78, 5) is 18.6. The van der Waals surface area contributed by atoms with Gasteiger partial charge in [-0.15, -0.1) is 0 Å². The molecule has 1 unspecified atom stereocenters. The molecule has 2 aromatic rings. The number of hydrogen-bond donors (Lipinski definition) is 1. The summed E-state index contributed by atoms with van der Waals surface area (Å²) in [5.41, 5.74) is -0.160. The zero-order valence-corrected chi connectivity index (χ0v) is 12.8. The minimum atomic E-state index is -0.160. The molecule has 3 rings (SSSR count). The lowest BCUT2D eigenvalue weighted by molar-refractivity contribution is 0.133. The number of ether oxygens (including phenoxy) is 1. The number of methoxy groups -OCH3 is 1. The Morgan fingerprint density at radius 2 is 2.41 bits per heavy atom. The molecule has 0 radical (unpaired) electrons. The SMILES string of the molecule is COc1coc(CN2CCNCC2c2nccn2C)cc1=O. The van der Waals surface area contributed by atoms with E-state index in [9.17, 15) is 4.79 Å². The van der Waals surface area contributed by atoms with Crippen LogP contribution in [-0.4, -0.2) is 41.2 Å². The maximum atomic E-state index is 11.8. The monoisotopic (exact) mass is 304 g/mol. The van der Waals surface area contributed by atoms with Gasteiger partial charge in [0.25, 0.3) is 0 Å². The second-order valence-electron chi connectivity index (χ2n) is 5.37. The molecule has 7 heteroatoms. The lowest BCUT2D eigenvalue weighted by atomic mass is 10.1. The second-order valence-corrected chi connectivity index (χ2v) is 5.37. The van der Waals surface area contributed by atoms with Crippen LogP contribution in [0.2, 0.25) is 0 Å². The normalized spacial score (nSPS) is 19.3. The first-order chi connectivity index (χ1) is 10.7. The summed E-state index contributed by atoms with van der Waals surface area (Å²) in [7, 11) is 3.45. The molecule has 1 fully saturated rings. The number of rotatable bonds is 4. The Kier molecular flexibility index (Phi) is 4.26. The summed E-state index contributed by atoms with van der Waals surface area (Å²) in [6.45, 7) is 3.16. The highest BCUT2D eigenvalue weighted by Gasteiger charge is 2.27. The Morgan fingerprint density at radius 3 is 3.09 bits per heavy atom. The molecule has 3 heterocycles. The van der Waals surface area contributed by atoms with Crippen LogP contribution < -0.4 is 15.5 Å². The molecule has 0 bridgehead atoms. The van der Waals surface area contributed by atoms with Crippen molar-refractivity contribution in [2.45, 2.75) is 12.6 Å². The first-order valence-corrected chi connectivity index (χ1v) is 7.26. The average molecular weight is 304 g/mol. The Hall–Kier alpha value is -2.12. The molecule has 1 saturated heterocycles. The van der Waals surface area contributed by atoms with Gasteiger partial charge in [0.15, 0.2) is 0 Å². The van der Waals surface area contributed by atoms with E-state index in [0.29, 0.717) is 12.3 Å². The van der Waals surface area contributed by atoms with Gasteiger partial charge in [-0.3, -0.25) is 9.69 Å². The van der Waals surface area contributed by atoms with Crippen LogP contribution in [0.15, 0.2) is 33.9 Å². The maximum Gasteiger partial charge on any atom is 0.227 e. The lowest BCUT2D eigenvalue weighted by Gasteiger charge is -2.35. The van der Waals surface area contributed by atoms with Crippen molar-refractivity contribution in [1.82, 2.24) is 19.8 Å². The third kappa shape index (κ3) is 2.90. The second kappa shape index (κ2) is 6.33. The number of nitrogens with zero attached hydrogens (tertiary/aromatic N) is 3. The van der Waals surface area contributed by atoms with E-state index in [1.165, 1.54) is 19.4 Å². The third-order valence-electron chi connectivity index (χ3n) is 3.94. The van der Waals surface area contributed by atoms with Gasteiger partial charge < -0.3 is 19.0 Å². The predicted molar refractivity (Wildman–Crippen MR) is 80.8 cm³/mol. The van der Waals surface area contributed by atoms with Crippen LogP contribution in [0.5, 0.6) is 5.75 Å². The number of aryl methyl sites for hydroxylation is 1. The van der Waals surface area contributed by atoms with Crippen molar-refractivity contribution in [3.63, 3.8) is 0 Å². The van der Waals surface area contributed by atoms with Gasteiger partial charge >= 0.3 is 0 Å². The van der Waals surface area contributed by atoms with Gasteiger partial charge in [-0.1, -0.05) is 0 Å². The fourth-order valence-electron chi connectivity index (χ4n) is 2.76. The number of hydrogen-bond acceptors (Lipinski definition) is 6. The van der Waals surface area contributed by atoms with Crippen LogP contribution in [0, 0.1) is 0 Å². The highest BCUT2D eigenvalue weighted by Crippen LogP contribution is 2.22. The average Bonchev–Trinajstić information content (AvgIpc) is 2.94. The van der Waals surface area contributed by atoms with E-state index in [-0.39, 0.29) is 17.2 Å². The van der Waals surface area contributed by atoms with Crippen LogP contribution >= 0.6 is 0 Å². The maximum absolute atomic E-state index is 11.8. The summed E-state index contributed by atoms with van der Waals surface area (Å²) in [5, 5.41) is 3.39. The summed E-state index contributed by atoms with van der Waals surface area (Å²) in [5.74, 6) is 1.86. The molecule has 1 aliphatic rings. The van der Waals surface area contributed by atoms with Gasteiger partial charge in [0, 0.05) is 45.1 Å². The fraction of sp³-hybridized carbons (Fsp3) is 0.467. The van der Waals surface area contributed by atoms with Gasteiger partial charge in [-0.2, -0.15) is 0 Å². The van der Waals surface area contributed by atoms with Crippen molar-refractivity contribution in [3.8, 4) is 5.75 Å². The summed E-state index contributed by atoms with van der Waals surface area (Å²) in [6.07, 6.45) is 5.11. The first kappa shape index (κ1) is 14.8. The van der Waals surface area contributed by atoms with E-state index in [1.54, 1.807) is 6.20 Å². The zero-order valence-electron chi connectivity index (χ0n) is 12.8. The Bertz CT molecular complexity index is 694. The Labute approximate surface area is 128 Å². The molecule has 0 saturated carbocycles. The number of aromatic nitrogens is 2. The van der Waals surface area contributed by atoms with E-state index < -0.39 is 0 Å². The molecule has 0 spiro atoms. The van der Waals surface area contributed by atoms with Crippen molar-refractivity contribution in [3.05, 3.63) is 46.5 Å². The van der Waals surface area contributed by atoms with Crippen molar-refractivity contribution in [2.75, 3.05) is 26.7 Å². The molecule has 0 aromatic carbocycles. The van der Waals surface area contributed by atoms with Crippen molar-refractivity contribution in [1.29, 1.82) is 0 Å². The van der Waals surface area contributed by atoms with E-state index in [1.807, 2.05) is 17.8 Å². The number of nitrogens with one attached hydrogen (secondary N) is 1. The molecular weight excluding hydrogens is 284 g/mol. The molecule has 118 valence electrons. The van der Waals surface area contributed by atoms with Crippen molar-refractivity contribution < 1.29 is 9.15 Å². The topological polar surface area (TPSA) is 72.5 Å². The first-order valence-electron chi connectivity index (χ1n) is 7.26. The standard InChI is InChI=1S/C15H20N4O3/c1-18-5-4-17-15(18)12-8-16-3-6-19(12)9-11-7-13(20)14(21-2)10-22-11/h4-5,7,10,12,16H,3,6,8-9H2,1-2H3. The van der Waals surface area contributed by atoms with Crippen LogP contribution in [0.1, 0.15) is 17.6 Å². The van der Waals surface area contributed by atoms with E-state index in [2.05, 4.69) is 15.2 Å². The number of imidazole rings is 1. The minimum absolute atomic E-state index is 0.154. The zero-order chi connectivity index (χ0) is 15.5. The smallest absolute Gasteiger partial charge is 0.227 e. The number of piperazine rings is 1. The van der Waals surface area contributed by atoms with E-state index in [4.69, 9.17) is 9.15 Å². The molecule has 1 atom stereocenters.